The number of fused-ring (bicyclic) bond motifs is 1. The number of nitrogens with zero attached hydrogens (tertiary/aromatic N) is 2. The van der Waals surface area contributed by atoms with Gasteiger partial charge in [0.25, 0.3) is 0 Å². The number of aromatic nitrogens is 1. The molecule has 1 aromatic heterocycles. The first-order valence-electron chi connectivity index (χ1n) is 18.6. The van der Waals surface area contributed by atoms with E-state index in [1.54, 1.807) is 45.0 Å². The molecule has 13 heteroatoms. The molecule has 1 unspecified atom stereocenters. The maximum Gasteiger partial charge on any atom is 0.408 e. The van der Waals surface area contributed by atoms with Crippen molar-refractivity contribution in [2.45, 2.75) is 102 Å². The molecule has 3 fully saturated rings. The minimum Gasteiger partial charge on any atom is -0.488 e. The molecule has 0 bridgehead atoms. The number of alkyl carbamates (subject to hydrolysis) is 1. The summed E-state index contributed by atoms with van der Waals surface area (Å²) in [6.45, 7) is 10.4. The van der Waals surface area contributed by atoms with Crippen molar-refractivity contribution in [1.82, 2.24) is 20.5 Å². The van der Waals surface area contributed by atoms with Crippen LogP contribution in [0.15, 0.2) is 67.3 Å². The molecule has 5 atom stereocenters. The number of benzene rings is 2. The van der Waals surface area contributed by atoms with E-state index in [0.717, 1.165) is 24.8 Å². The molecule has 6 rings (SSSR count). The largest absolute Gasteiger partial charge is 0.488 e. The number of hydrogen-bond acceptors (Lipinski definition) is 8. The average molecular weight is 740 g/mol. The number of carbonyl (C=O) groups excluding carboxylic acids is 4. The Morgan fingerprint density at radius 1 is 1.04 bits per heavy atom. The fraction of sp³-hybridized carbons (Fsp3) is 0.463. The number of rotatable bonds is 11. The van der Waals surface area contributed by atoms with Gasteiger partial charge in [-0.1, -0.05) is 55.7 Å². The number of aliphatic carboxylic acids is 1. The minimum absolute atomic E-state index is 0.0169. The predicted molar refractivity (Wildman–Crippen MR) is 203 cm³/mol. The fourth-order valence-corrected chi connectivity index (χ4v) is 7.67. The highest BCUT2D eigenvalue weighted by Crippen LogP contribution is 2.45. The quantitative estimate of drug-likeness (QED) is 0.176. The van der Waals surface area contributed by atoms with Gasteiger partial charge in [-0.15, -0.1) is 6.58 Å². The number of carbonyl (C=O) groups is 5. The van der Waals surface area contributed by atoms with Gasteiger partial charge >= 0.3 is 12.1 Å². The Morgan fingerprint density at radius 2 is 1.76 bits per heavy atom. The maximum absolute atomic E-state index is 14.7. The molecule has 0 spiro atoms. The highest BCUT2D eigenvalue weighted by molar-refractivity contribution is 5.97. The molecule has 13 nitrogen and oxygen atoms in total. The second kappa shape index (κ2) is 15.5. The standard InChI is InChI=1S/C41H49N5O8/c1-6-27-22-41(27,38(50)51)45-36(48)33-20-29(23-46(33)37(49)35(26-15-11-8-12-16-26)44-39(52)54-40(3,4)5)53-34-21-32(25-13-9-7-10-14-25)43-31-18-17-28(19-30(31)34)42-24(2)47/h6-7,9-10,13-14,17-19,21,26-27,29,33,35H,1,8,11-12,15-16,20,22-23H2,2-5H3,(H,42,47)(H,44,52)(H,45,48)(H,50,51)/t27-,29+,33-,35-,41?/m0/s1. The van der Waals surface area contributed by atoms with Crippen LogP contribution in [0.3, 0.4) is 0 Å². The van der Waals surface area contributed by atoms with Crippen molar-refractivity contribution in [3.8, 4) is 17.0 Å². The van der Waals surface area contributed by atoms with Gasteiger partial charge in [0.05, 0.1) is 17.8 Å². The van der Waals surface area contributed by atoms with Crippen LogP contribution < -0.4 is 20.7 Å². The smallest absolute Gasteiger partial charge is 0.408 e. The third-order valence-electron chi connectivity index (χ3n) is 10.4. The number of carboxylic acid groups (broad SMARTS) is 1. The summed E-state index contributed by atoms with van der Waals surface area (Å²) in [6, 6.07) is 14.6. The number of anilines is 1. The zero-order valence-corrected chi connectivity index (χ0v) is 31.2. The van der Waals surface area contributed by atoms with Gasteiger partial charge < -0.3 is 35.4 Å². The Labute approximate surface area is 314 Å². The molecule has 2 heterocycles. The lowest BCUT2D eigenvalue weighted by Crippen LogP contribution is -2.58. The molecule has 2 aromatic carbocycles. The fourth-order valence-electron chi connectivity index (χ4n) is 7.67. The van der Waals surface area contributed by atoms with E-state index in [1.807, 2.05) is 30.3 Å². The summed E-state index contributed by atoms with van der Waals surface area (Å²) < 4.78 is 12.3. The van der Waals surface area contributed by atoms with Crippen molar-refractivity contribution in [3.63, 3.8) is 0 Å². The number of pyridine rings is 1. The van der Waals surface area contributed by atoms with E-state index in [-0.39, 0.29) is 31.2 Å². The summed E-state index contributed by atoms with van der Waals surface area (Å²) in [5.41, 5.74) is 0.306. The van der Waals surface area contributed by atoms with E-state index in [4.69, 9.17) is 14.5 Å². The molecule has 4 amide bonds. The van der Waals surface area contributed by atoms with Crippen molar-refractivity contribution < 1.29 is 38.6 Å². The lowest BCUT2D eigenvalue weighted by molar-refractivity contribution is -0.146. The monoisotopic (exact) mass is 739 g/mol. The third-order valence-corrected chi connectivity index (χ3v) is 10.4. The van der Waals surface area contributed by atoms with Gasteiger partial charge in [0.1, 0.15) is 35.1 Å². The summed E-state index contributed by atoms with van der Waals surface area (Å²) >= 11 is 0. The molecule has 0 radical (unpaired) electrons. The summed E-state index contributed by atoms with van der Waals surface area (Å²) in [7, 11) is 0. The normalized spacial score (nSPS) is 23.2. The van der Waals surface area contributed by atoms with Crippen LogP contribution in [0.4, 0.5) is 10.5 Å². The first-order valence-corrected chi connectivity index (χ1v) is 18.6. The van der Waals surface area contributed by atoms with Gasteiger partial charge in [0, 0.05) is 42.0 Å². The van der Waals surface area contributed by atoms with Crippen molar-refractivity contribution in [2.24, 2.45) is 11.8 Å². The van der Waals surface area contributed by atoms with E-state index in [9.17, 15) is 29.1 Å². The van der Waals surface area contributed by atoms with E-state index in [1.165, 1.54) is 17.9 Å². The lowest BCUT2D eigenvalue weighted by atomic mass is 9.83. The third kappa shape index (κ3) is 8.50. The lowest BCUT2D eigenvalue weighted by Gasteiger charge is -2.35. The minimum atomic E-state index is -1.52. The number of hydrogen-bond donors (Lipinski definition) is 4. The summed E-state index contributed by atoms with van der Waals surface area (Å²) in [4.78, 5) is 72.6. The van der Waals surface area contributed by atoms with Crippen molar-refractivity contribution >= 4 is 46.4 Å². The number of carboxylic acids is 1. The van der Waals surface area contributed by atoms with Crippen LogP contribution in [0, 0.1) is 11.8 Å². The molecule has 1 saturated heterocycles. The zero-order chi connectivity index (χ0) is 38.8. The Bertz CT molecular complexity index is 1940. The van der Waals surface area contributed by atoms with Gasteiger partial charge in [0.2, 0.25) is 17.7 Å². The van der Waals surface area contributed by atoms with Gasteiger partial charge in [0.15, 0.2) is 0 Å². The van der Waals surface area contributed by atoms with Gasteiger partial charge in [-0.3, -0.25) is 14.4 Å². The van der Waals surface area contributed by atoms with E-state index in [0.29, 0.717) is 40.9 Å². The average Bonchev–Trinajstić information content (AvgIpc) is 3.69. The molecule has 2 saturated carbocycles. The van der Waals surface area contributed by atoms with Crippen molar-refractivity contribution in [2.75, 3.05) is 11.9 Å². The zero-order valence-electron chi connectivity index (χ0n) is 31.2. The van der Waals surface area contributed by atoms with Crippen LogP contribution in [0.1, 0.15) is 72.6 Å². The van der Waals surface area contributed by atoms with E-state index in [2.05, 4.69) is 22.5 Å². The Morgan fingerprint density at radius 3 is 2.39 bits per heavy atom. The summed E-state index contributed by atoms with van der Waals surface area (Å²) in [5, 5.41) is 19.1. The summed E-state index contributed by atoms with van der Waals surface area (Å²) in [6.07, 6.45) is 4.52. The van der Waals surface area contributed by atoms with Crippen LogP contribution in [-0.4, -0.2) is 80.6 Å². The van der Waals surface area contributed by atoms with Gasteiger partial charge in [-0.25, -0.2) is 14.6 Å². The van der Waals surface area contributed by atoms with Gasteiger partial charge in [-0.05, 0) is 64.2 Å². The molecule has 2 aliphatic carbocycles. The molecule has 286 valence electrons. The van der Waals surface area contributed by atoms with Crippen LogP contribution in [0.5, 0.6) is 5.75 Å². The van der Waals surface area contributed by atoms with Crippen LogP contribution in [0.2, 0.25) is 0 Å². The molecule has 54 heavy (non-hydrogen) atoms. The number of likely N-dealkylation sites (tertiary alicyclic amines) is 1. The van der Waals surface area contributed by atoms with Crippen LogP contribution in [0.25, 0.3) is 22.2 Å². The highest BCUT2D eigenvalue weighted by Gasteiger charge is 2.61. The Balaban J connectivity index is 1.36. The number of nitrogens with one attached hydrogen (secondary N) is 3. The van der Waals surface area contributed by atoms with E-state index >= 15 is 0 Å². The SMILES string of the molecule is C=C[C@H]1CC1(NC(=O)[C@@H]1C[C@@H](Oc2cc(-c3ccccc3)nc3ccc(NC(C)=O)cc23)CN1C(=O)[C@@H](NC(=O)OC(C)(C)C)C1CCCCC1)C(=O)O. The van der Waals surface area contributed by atoms with Crippen molar-refractivity contribution in [3.05, 3.63) is 67.3 Å². The first kappa shape index (κ1) is 38.3. The van der Waals surface area contributed by atoms with E-state index < -0.39 is 59.1 Å². The van der Waals surface area contributed by atoms with Gasteiger partial charge in [-0.2, -0.15) is 0 Å². The van der Waals surface area contributed by atoms with Crippen LogP contribution >= 0.6 is 0 Å². The second-order valence-corrected chi connectivity index (χ2v) is 15.6. The molecular weight excluding hydrogens is 690 g/mol. The maximum atomic E-state index is 14.7. The Hall–Kier alpha value is -5.46. The topological polar surface area (TPSA) is 176 Å². The number of ether oxygens (including phenoxy) is 2. The highest BCUT2D eigenvalue weighted by atomic mass is 16.6. The van der Waals surface area contributed by atoms with Crippen molar-refractivity contribution in [1.29, 1.82) is 0 Å². The number of amides is 4. The summed E-state index contributed by atoms with van der Waals surface area (Å²) in [5.74, 6) is -2.73. The second-order valence-electron chi connectivity index (χ2n) is 15.6. The van der Waals surface area contributed by atoms with Crippen LogP contribution in [-0.2, 0) is 23.9 Å². The predicted octanol–water partition coefficient (Wildman–Crippen LogP) is 5.83. The molecule has 3 aromatic rings. The Kier molecular flexibility index (Phi) is 11.0. The molecule has 4 N–H and O–H groups in total. The molecular formula is C41H49N5O8. The molecule has 3 aliphatic rings. The molecule has 1 aliphatic heterocycles. The first-order chi connectivity index (χ1) is 25.7.